The van der Waals surface area contributed by atoms with Gasteiger partial charge in [-0.05, 0) is 43.0 Å². The maximum absolute atomic E-state index is 13.4. The summed E-state index contributed by atoms with van der Waals surface area (Å²) in [4.78, 5) is 16.8. The summed E-state index contributed by atoms with van der Waals surface area (Å²) in [5.74, 6) is -0.331. The summed E-state index contributed by atoms with van der Waals surface area (Å²) < 4.78 is 60.0. The normalized spacial score (nSPS) is 19.0. The van der Waals surface area contributed by atoms with E-state index < -0.39 is 23.6 Å². The van der Waals surface area contributed by atoms with Crippen LogP contribution in [0.2, 0.25) is 0 Å². The van der Waals surface area contributed by atoms with Gasteiger partial charge in [0.2, 0.25) is 0 Å². The molecular weight excluding hydrogens is 376 g/mol. The van der Waals surface area contributed by atoms with E-state index in [4.69, 9.17) is 4.74 Å². The molecule has 1 aliphatic carbocycles. The van der Waals surface area contributed by atoms with Crippen LogP contribution in [-0.4, -0.2) is 22.8 Å². The van der Waals surface area contributed by atoms with Gasteiger partial charge in [-0.25, -0.2) is 9.18 Å². The number of ether oxygens (including phenoxy) is 1. The first-order valence-electron chi connectivity index (χ1n) is 8.70. The fourth-order valence-electron chi connectivity index (χ4n) is 3.36. The molecule has 1 aromatic heterocycles. The standard InChI is InChI=1S/C20H16F4N2O2/c1-28-17-10-12(20(22,23)24)9-16-18(17)15(8-11-7-14(11)21)25-19(27)26(16)13-5-3-2-4-6-13/h2-6,9-11,14H,7-8H2,1H3/t11-,14+/m1/s1. The van der Waals surface area contributed by atoms with E-state index >= 15 is 0 Å². The van der Waals surface area contributed by atoms with Gasteiger partial charge in [-0.1, -0.05) is 18.2 Å². The van der Waals surface area contributed by atoms with Crippen molar-refractivity contribution in [3.8, 4) is 11.4 Å². The Kier molecular flexibility index (Phi) is 4.36. The average Bonchev–Trinajstić information content (AvgIpc) is 3.35. The molecule has 0 aliphatic heterocycles. The van der Waals surface area contributed by atoms with E-state index in [1.54, 1.807) is 30.3 Å². The predicted octanol–water partition coefficient (Wildman–Crippen LogP) is 4.31. The lowest BCUT2D eigenvalue weighted by atomic mass is 10.0. The zero-order chi connectivity index (χ0) is 20.1. The zero-order valence-electron chi connectivity index (χ0n) is 14.8. The van der Waals surface area contributed by atoms with Gasteiger partial charge in [-0.15, -0.1) is 0 Å². The van der Waals surface area contributed by atoms with E-state index in [2.05, 4.69) is 4.98 Å². The van der Waals surface area contributed by atoms with E-state index in [0.29, 0.717) is 12.1 Å². The number of nitrogens with zero attached hydrogens (tertiary/aromatic N) is 2. The van der Waals surface area contributed by atoms with Gasteiger partial charge in [0.15, 0.2) is 0 Å². The molecule has 0 amide bonds. The summed E-state index contributed by atoms with van der Waals surface area (Å²) in [7, 11) is 1.26. The minimum absolute atomic E-state index is 0.0314. The molecule has 1 saturated carbocycles. The Hall–Kier alpha value is -2.90. The number of aromatic nitrogens is 2. The van der Waals surface area contributed by atoms with Crippen molar-refractivity contribution in [3.05, 3.63) is 64.2 Å². The molecule has 146 valence electrons. The molecule has 0 N–H and O–H groups in total. The first kappa shape index (κ1) is 18.5. The van der Waals surface area contributed by atoms with Gasteiger partial charge >= 0.3 is 11.9 Å². The van der Waals surface area contributed by atoms with E-state index in [0.717, 1.165) is 16.7 Å². The van der Waals surface area contributed by atoms with Crippen LogP contribution < -0.4 is 10.4 Å². The molecule has 0 spiro atoms. The van der Waals surface area contributed by atoms with Crippen molar-refractivity contribution < 1.29 is 22.3 Å². The summed E-state index contributed by atoms with van der Waals surface area (Å²) in [6.45, 7) is 0. The van der Waals surface area contributed by atoms with Gasteiger partial charge in [0.05, 0.1) is 35.0 Å². The molecule has 0 radical (unpaired) electrons. The highest BCUT2D eigenvalue weighted by molar-refractivity contribution is 5.89. The molecule has 4 nitrogen and oxygen atoms in total. The summed E-state index contributed by atoms with van der Waals surface area (Å²) >= 11 is 0. The first-order chi connectivity index (χ1) is 13.3. The Labute approximate surface area is 157 Å². The van der Waals surface area contributed by atoms with Crippen molar-refractivity contribution in [2.45, 2.75) is 25.2 Å². The smallest absolute Gasteiger partial charge is 0.416 e. The second kappa shape index (κ2) is 6.61. The molecule has 0 unspecified atom stereocenters. The number of alkyl halides is 4. The van der Waals surface area contributed by atoms with E-state index in [-0.39, 0.29) is 34.7 Å². The number of halogens is 4. The van der Waals surface area contributed by atoms with Crippen molar-refractivity contribution in [1.82, 2.24) is 9.55 Å². The lowest BCUT2D eigenvalue weighted by molar-refractivity contribution is -0.137. The Balaban J connectivity index is 2.07. The quantitative estimate of drug-likeness (QED) is 0.622. The highest BCUT2D eigenvalue weighted by Crippen LogP contribution is 2.41. The summed E-state index contributed by atoms with van der Waals surface area (Å²) in [6.07, 6.45) is -5.07. The number of rotatable bonds is 4. The Morgan fingerprint density at radius 2 is 1.89 bits per heavy atom. The molecule has 0 bridgehead atoms. The molecule has 4 rings (SSSR count). The van der Waals surface area contributed by atoms with Crippen molar-refractivity contribution in [1.29, 1.82) is 0 Å². The predicted molar refractivity (Wildman–Crippen MR) is 95.6 cm³/mol. The van der Waals surface area contributed by atoms with Crippen molar-refractivity contribution in [2.75, 3.05) is 7.11 Å². The molecular formula is C20H16F4N2O2. The van der Waals surface area contributed by atoms with Crippen molar-refractivity contribution >= 4 is 10.9 Å². The van der Waals surface area contributed by atoms with Gasteiger partial charge < -0.3 is 4.74 Å². The van der Waals surface area contributed by atoms with Gasteiger partial charge in [0.1, 0.15) is 11.9 Å². The molecule has 1 aliphatic rings. The number of benzene rings is 2. The lowest BCUT2D eigenvalue weighted by Crippen LogP contribution is -2.24. The van der Waals surface area contributed by atoms with E-state index in [1.807, 2.05) is 0 Å². The maximum atomic E-state index is 13.4. The molecule has 2 atom stereocenters. The van der Waals surface area contributed by atoms with Crippen LogP contribution in [-0.2, 0) is 12.6 Å². The Bertz CT molecular complexity index is 1090. The molecule has 1 heterocycles. The van der Waals surface area contributed by atoms with Crippen LogP contribution in [0.25, 0.3) is 16.6 Å². The second-order valence-electron chi connectivity index (χ2n) is 6.80. The Morgan fingerprint density at radius 3 is 2.46 bits per heavy atom. The van der Waals surface area contributed by atoms with E-state index in [1.165, 1.54) is 7.11 Å². The SMILES string of the molecule is COc1cc(C(F)(F)F)cc2c1c(C[C@H]1C[C@@H]1F)nc(=O)n2-c1ccccc1. The fourth-order valence-corrected chi connectivity index (χ4v) is 3.36. The number of fused-ring (bicyclic) bond motifs is 1. The van der Waals surface area contributed by atoms with Crippen LogP contribution in [0.4, 0.5) is 17.6 Å². The summed E-state index contributed by atoms with van der Waals surface area (Å²) in [5.41, 5.74) is -0.987. The molecule has 8 heteroatoms. The minimum atomic E-state index is -4.62. The van der Waals surface area contributed by atoms with Gasteiger partial charge in [0, 0.05) is 0 Å². The van der Waals surface area contributed by atoms with Crippen LogP contribution >= 0.6 is 0 Å². The van der Waals surface area contributed by atoms with E-state index in [9.17, 15) is 22.4 Å². The van der Waals surface area contributed by atoms with Crippen molar-refractivity contribution in [3.63, 3.8) is 0 Å². The third-order valence-corrected chi connectivity index (χ3v) is 4.89. The second-order valence-corrected chi connectivity index (χ2v) is 6.80. The lowest BCUT2D eigenvalue weighted by Gasteiger charge is -2.17. The van der Waals surface area contributed by atoms with Crippen LogP contribution in [0.5, 0.6) is 5.75 Å². The molecule has 3 aromatic rings. The molecule has 28 heavy (non-hydrogen) atoms. The van der Waals surface area contributed by atoms with Crippen LogP contribution in [0.1, 0.15) is 17.7 Å². The summed E-state index contributed by atoms with van der Waals surface area (Å²) in [6, 6.07) is 10.1. The van der Waals surface area contributed by atoms with Crippen molar-refractivity contribution in [2.24, 2.45) is 5.92 Å². The molecule has 1 fully saturated rings. The largest absolute Gasteiger partial charge is 0.496 e. The first-order valence-corrected chi connectivity index (χ1v) is 8.70. The maximum Gasteiger partial charge on any atom is 0.416 e. The van der Waals surface area contributed by atoms with Crippen LogP contribution in [0, 0.1) is 5.92 Å². The van der Waals surface area contributed by atoms with Gasteiger partial charge in [-0.3, -0.25) is 4.57 Å². The third kappa shape index (κ3) is 3.23. The fraction of sp³-hybridized carbons (Fsp3) is 0.300. The molecule has 2 aromatic carbocycles. The van der Waals surface area contributed by atoms with Crippen LogP contribution in [0.15, 0.2) is 47.3 Å². The minimum Gasteiger partial charge on any atom is -0.496 e. The number of para-hydroxylation sites is 1. The number of hydrogen-bond acceptors (Lipinski definition) is 3. The summed E-state index contributed by atoms with van der Waals surface area (Å²) in [5, 5.41) is 0.290. The molecule has 0 saturated heterocycles. The average molecular weight is 392 g/mol. The topological polar surface area (TPSA) is 44.1 Å². The van der Waals surface area contributed by atoms with Gasteiger partial charge in [0.25, 0.3) is 0 Å². The Morgan fingerprint density at radius 1 is 1.21 bits per heavy atom. The highest BCUT2D eigenvalue weighted by atomic mass is 19.4. The van der Waals surface area contributed by atoms with Gasteiger partial charge in [-0.2, -0.15) is 18.2 Å². The number of methoxy groups -OCH3 is 1. The zero-order valence-corrected chi connectivity index (χ0v) is 14.8. The van der Waals surface area contributed by atoms with Crippen LogP contribution in [0.3, 0.4) is 0 Å². The third-order valence-electron chi connectivity index (χ3n) is 4.89. The highest BCUT2D eigenvalue weighted by Gasteiger charge is 2.39. The monoisotopic (exact) mass is 392 g/mol. The number of hydrogen-bond donors (Lipinski definition) is 0.